The van der Waals surface area contributed by atoms with Gasteiger partial charge < -0.3 is 14.9 Å². The fourth-order valence-electron chi connectivity index (χ4n) is 3.48. The topological polar surface area (TPSA) is 60.9 Å². The third-order valence-electron chi connectivity index (χ3n) is 5.73. The summed E-state index contributed by atoms with van der Waals surface area (Å²) in [6, 6.07) is 0.101. The van der Waals surface area contributed by atoms with Gasteiger partial charge in [0.1, 0.15) is 0 Å². The lowest BCUT2D eigenvalue weighted by atomic mass is 9.76. The Morgan fingerprint density at radius 1 is 1.10 bits per heavy atom. The molecule has 2 saturated heterocycles. The van der Waals surface area contributed by atoms with Crippen LogP contribution < -0.4 is 0 Å². The second kappa shape index (κ2) is 6.24. The monoisotopic (exact) mass is 296 g/mol. The lowest BCUT2D eigenvalue weighted by Crippen LogP contribution is -2.53. The molecule has 0 spiro atoms. The summed E-state index contributed by atoms with van der Waals surface area (Å²) < 4.78 is 0. The first kappa shape index (κ1) is 16.1. The minimum atomic E-state index is -0.711. The number of carboxylic acids is 1. The third-order valence-corrected chi connectivity index (χ3v) is 5.73. The van der Waals surface area contributed by atoms with Crippen molar-refractivity contribution in [1.29, 1.82) is 0 Å². The lowest BCUT2D eigenvalue weighted by molar-refractivity contribution is -0.152. The second-order valence-corrected chi connectivity index (χ2v) is 6.90. The van der Waals surface area contributed by atoms with Crippen LogP contribution in [-0.4, -0.2) is 53.1 Å². The molecule has 1 N–H and O–H groups in total. The molecule has 2 amide bonds. The number of likely N-dealkylation sites (tertiary alicyclic amines) is 2. The highest BCUT2D eigenvalue weighted by Gasteiger charge is 2.41. The number of carbonyl (C=O) groups is 2. The summed E-state index contributed by atoms with van der Waals surface area (Å²) in [6.07, 6.45) is 2.85. The number of piperidine rings is 2. The fourth-order valence-corrected chi connectivity index (χ4v) is 3.48. The van der Waals surface area contributed by atoms with E-state index in [1.807, 2.05) is 16.7 Å². The molecule has 0 aliphatic carbocycles. The van der Waals surface area contributed by atoms with Gasteiger partial charge in [0.2, 0.25) is 0 Å². The number of nitrogens with zero attached hydrogens (tertiary/aromatic N) is 2. The van der Waals surface area contributed by atoms with Gasteiger partial charge in [-0.05, 0) is 37.5 Å². The molecule has 0 aromatic heterocycles. The zero-order chi connectivity index (χ0) is 15.6. The number of hydrogen-bond acceptors (Lipinski definition) is 2. The largest absolute Gasteiger partial charge is 0.481 e. The number of amides is 2. The predicted octanol–water partition coefficient (Wildman–Crippen LogP) is 2.66. The summed E-state index contributed by atoms with van der Waals surface area (Å²) in [5.74, 6) is 0.508. The van der Waals surface area contributed by atoms with Crippen molar-refractivity contribution >= 4 is 12.0 Å². The van der Waals surface area contributed by atoms with Crippen LogP contribution >= 0.6 is 0 Å². The van der Waals surface area contributed by atoms with Crippen LogP contribution in [-0.2, 0) is 4.79 Å². The first-order chi connectivity index (χ1) is 9.89. The minimum absolute atomic E-state index is 0.101. The van der Waals surface area contributed by atoms with Gasteiger partial charge in [-0.2, -0.15) is 0 Å². The average Bonchev–Trinajstić information content (AvgIpc) is 2.49. The molecule has 2 unspecified atom stereocenters. The van der Waals surface area contributed by atoms with E-state index in [0.717, 1.165) is 19.5 Å². The molecule has 0 radical (unpaired) electrons. The maximum atomic E-state index is 12.6. The molecule has 2 fully saturated rings. The van der Waals surface area contributed by atoms with Crippen molar-refractivity contribution in [2.24, 2.45) is 17.3 Å². The number of aliphatic carboxylic acids is 1. The van der Waals surface area contributed by atoms with E-state index in [-0.39, 0.29) is 6.03 Å². The van der Waals surface area contributed by atoms with Crippen molar-refractivity contribution in [3.63, 3.8) is 0 Å². The second-order valence-electron chi connectivity index (χ2n) is 6.90. The van der Waals surface area contributed by atoms with E-state index in [4.69, 9.17) is 0 Å². The number of hydrogen-bond donors (Lipinski definition) is 1. The van der Waals surface area contributed by atoms with Gasteiger partial charge >= 0.3 is 12.0 Å². The molecule has 120 valence electrons. The highest BCUT2D eigenvalue weighted by Crippen LogP contribution is 2.35. The SMILES string of the molecule is CCC1(C(=O)O)CCN(C(=O)N2CCC(C)C(C)C2)CC1. The van der Waals surface area contributed by atoms with Gasteiger partial charge in [0.05, 0.1) is 5.41 Å². The maximum Gasteiger partial charge on any atom is 0.320 e. The molecule has 2 rings (SSSR count). The molecular formula is C16H28N2O3. The van der Waals surface area contributed by atoms with Crippen LogP contribution in [0.15, 0.2) is 0 Å². The molecule has 2 aliphatic rings. The van der Waals surface area contributed by atoms with Crippen molar-refractivity contribution in [3.05, 3.63) is 0 Å². The van der Waals surface area contributed by atoms with Crippen LogP contribution in [0.3, 0.4) is 0 Å². The van der Waals surface area contributed by atoms with Gasteiger partial charge in [-0.1, -0.05) is 20.8 Å². The normalized spacial score (nSPS) is 29.3. The van der Waals surface area contributed by atoms with Crippen molar-refractivity contribution < 1.29 is 14.7 Å². The van der Waals surface area contributed by atoms with Gasteiger partial charge in [0.15, 0.2) is 0 Å². The van der Waals surface area contributed by atoms with Crippen LogP contribution in [0.1, 0.15) is 46.5 Å². The van der Waals surface area contributed by atoms with E-state index in [9.17, 15) is 14.7 Å². The maximum absolute atomic E-state index is 12.6. The van der Waals surface area contributed by atoms with Crippen molar-refractivity contribution in [2.45, 2.75) is 46.5 Å². The van der Waals surface area contributed by atoms with Gasteiger partial charge in [-0.15, -0.1) is 0 Å². The van der Waals surface area contributed by atoms with Gasteiger partial charge in [0.25, 0.3) is 0 Å². The molecule has 2 aliphatic heterocycles. The Kier molecular flexibility index (Phi) is 4.79. The van der Waals surface area contributed by atoms with E-state index < -0.39 is 11.4 Å². The molecule has 21 heavy (non-hydrogen) atoms. The quantitative estimate of drug-likeness (QED) is 0.852. The summed E-state index contributed by atoms with van der Waals surface area (Å²) >= 11 is 0. The Bertz CT molecular complexity index is 402. The summed E-state index contributed by atoms with van der Waals surface area (Å²) in [4.78, 5) is 27.8. The molecule has 0 aromatic carbocycles. The van der Waals surface area contributed by atoms with Gasteiger partial charge in [-0.3, -0.25) is 4.79 Å². The van der Waals surface area contributed by atoms with Crippen LogP contribution in [0.5, 0.6) is 0 Å². The van der Waals surface area contributed by atoms with Gasteiger partial charge in [0, 0.05) is 26.2 Å². The zero-order valence-corrected chi connectivity index (χ0v) is 13.5. The van der Waals surface area contributed by atoms with Crippen molar-refractivity contribution in [1.82, 2.24) is 9.80 Å². The van der Waals surface area contributed by atoms with E-state index in [0.29, 0.717) is 44.2 Å². The number of urea groups is 1. The Morgan fingerprint density at radius 3 is 2.19 bits per heavy atom. The smallest absolute Gasteiger partial charge is 0.320 e. The van der Waals surface area contributed by atoms with E-state index in [2.05, 4.69) is 13.8 Å². The molecule has 0 saturated carbocycles. The summed E-state index contributed by atoms with van der Waals surface area (Å²) in [7, 11) is 0. The molecule has 0 bridgehead atoms. The number of carbonyl (C=O) groups excluding carboxylic acids is 1. The first-order valence-electron chi connectivity index (χ1n) is 8.17. The number of carboxylic acid groups (broad SMARTS) is 1. The van der Waals surface area contributed by atoms with Gasteiger partial charge in [-0.25, -0.2) is 4.79 Å². The Hall–Kier alpha value is -1.26. The molecule has 5 heteroatoms. The average molecular weight is 296 g/mol. The fraction of sp³-hybridized carbons (Fsp3) is 0.875. The van der Waals surface area contributed by atoms with E-state index >= 15 is 0 Å². The van der Waals surface area contributed by atoms with E-state index in [1.54, 1.807) is 0 Å². The Labute approximate surface area is 127 Å². The minimum Gasteiger partial charge on any atom is -0.481 e. The summed E-state index contributed by atoms with van der Waals surface area (Å²) in [5, 5.41) is 9.41. The molecule has 2 heterocycles. The van der Waals surface area contributed by atoms with Crippen molar-refractivity contribution in [2.75, 3.05) is 26.2 Å². The lowest BCUT2D eigenvalue weighted by Gasteiger charge is -2.42. The molecule has 2 atom stereocenters. The predicted molar refractivity (Wildman–Crippen MR) is 81.1 cm³/mol. The zero-order valence-electron chi connectivity index (χ0n) is 13.5. The van der Waals surface area contributed by atoms with Crippen LogP contribution in [0.4, 0.5) is 4.79 Å². The summed E-state index contributed by atoms with van der Waals surface area (Å²) in [6.45, 7) is 9.17. The first-order valence-corrected chi connectivity index (χ1v) is 8.17. The molecular weight excluding hydrogens is 268 g/mol. The van der Waals surface area contributed by atoms with Crippen LogP contribution in [0.2, 0.25) is 0 Å². The molecule has 0 aromatic rings. The Morgan fingerprint density at radius 2 is 1.71 bits per heavy atom. The highest BCUT2D eigenvalue weighted by molar-refractivity contribution is 5.77. The Balaban J connectivity index is 1.93. The van der Waals surface area contributed by atoms with Crippen LogP contribution in [0.25, 0.3) is 0 Å². The standard InChI is InChI=1S/C16H28N2O3/c1-4-16(14(19)20)6-9-17(10-7-16)15(21)18-8-5-12(2)13(3)11-18/h12-13H,4-11H2,1-3H3,(H,19,20). The summed E-state index contributed by atoms with van der Waals surface area (Å²) in [5.41, 5.74) is -0.625. The third kappa shape index (κ3) is 3.16. The molecule has 5 nitrogen and oxygen atoms in total. The van der Waals surface area contributed by atoms with E-state index in [1.165, 1.54) is 0 Å². The van der Waals surface area contributed by atoms with Crippen molar-refractivity contribution in [3.8, 4) is 0 Å². The highest BCUT2D eigenvalue weighted by atomic mass is 16.4. The number of rotatable bonds is 2. The van der Waals surface area contributed by atoms with Crippen LogP contribution in [0, 0.1) is 17.3 Å².